The molecule has 14 heteroatoms. The van der Waals surface area contributed by atoms with E-state index in [4.69, 9.17) is 26.1 Å². The molecule has 8 rings (SSSR count). The van der Waals surface area contributed by atoms with Crippen molar-refractivity contribution in [1.82, 2.24) is 29.6 Å². The second-order valence-electron chi connectivity index (χ2n) is 12.8. The van der Waals surface area contributed by atoms with Crippen LogP contribution < -0.4 is 10.1 Å². The summed E-state index contributed by atoms with van der Waals surface area (Å²) in [6, 6.07) is 20.2. The molecule has 3 aromatic heterocycles. The van der Waals surface area contributed by atoms with Gasteiger partial charge in [-0.2, -0.15) is 5.10 Å². The van der Waals surface area contributed by atoms with Gasteiger partial charge in [-0.25, -0.2) is 23.1 Å². The highest BCUT2D eigenvalue weighted by molar-refractivity contribution is 6.30. The third-order valence-electron chi connectivity index (χ3n) is 9.43. The predicted octanol–water partition coefficient (Wildman–Crippen LogP) is 7.95. The maximum absolute atomic E-state index is 14.2. The van der Waals surface area contributed by atoms with Crippen molar-refractivity contribution in [3.8, 4) is 5.88 Å². The molecule has 0 unspecified atom stereocenters. The molecule has 0 spiro atoms. The summed E-state index contributed by atoms with van der Waals surface area (Å²) in [6.45, 7) is 3.53. The largest absolute Gasteiger partial charge is 0.473 e. The molecule has 2 N–H and O–H groups in total. The van der Waals surface area contributed by atoms with E-state index >= 15 is 0 Å². The van der Waals surface area contributed by atoms with Crippen LogP contribution in [0.4, 0.5) is 18.9 Å². The van der Waals surface area contributed by atoms with Crippen molar-refractivity contribution in [3.63, 3.8) is 0 Å². The number of H-pyrrole nitrogens is 1. The number of ether oxygens (including phenoxy) is 2. The number of fused-ring (bicyclic) bond motifs is 2. The van der Waals surface area contributed by atoms with Crippen molar-refractivity contribution in [1.29, 1.82) is 0 Å². The molecule has 0 radical (unpaired) electrons. The molecular weight excluding hydrogens is 695 g/mol. The fraction of sp³-hybridized carbons (Fsp3) is 0.263. The van der Waals surface area contributed by atoms with Crippen LogP contribution in [0.3, 0.4) is 0 Å². The number of hydrogen-bond donors (Lipinski definition) is 2. The number of nitrogens with one attached hydrogen (secondary N) is 2. The molecule has 1 amide bonds. The first-order valence-corrected chi connectivity index (χ1v) is 17.3. The van der Waals surface area contributed by atoms with E-state index in [2.05, 4.69) is 36.0 Å². The zero-order valence-corrected chi connectivity index (χ0v) is 28.5. The Hall–Kier alpha value is -5.24. The minimum Gasteiger partial charge on any atom is -0.473 e. The lowest BCUT2D eigenvalue weighted by molar-refractivity contribution is -0.0591. The topological polar surface area (TPSA) is 110 Å². The number of rotatable bonds is 11. The molecule has 266 valence electrons. The van der Waals surface area contributed by atoms with Gasteiger partial charge in [0.05, 0.1) is 41.4 Å². The van der Waals surface area contributed by atoms with E-state index in [1.165, 1.54) is 12.1 Å². The second-order valence-corrected chi connectivity index (χ2v) is 13.3. The standard InChI is InChI=1S/C38H33ClF3N7O3/c39-25-6-4-24(29(40)17-25)21-52-35-3-1-2-30(45-35)22-10-13-48(14-11-22)20-34-44-32-18-26(7-9-33(32)49(34)19-27-12-15-51-27)43-38(50)23-5-8-31-28(16-23)36(37(41)42)47-46-31/h1-10,16-18,27,37H,11-15,19-21H2,(H,43,50)(H,46,47)/t27-/m0/s1. The average molecular weight is 728 g/mol. The first kappa shape index (κ1) is 33.9. The van der Waals surface area contributed by atoms with E-state index in [1.807, 2.05) is 30.3 Å². The Morgan fingerprint density at radius 1 is 1.10 bits per heavy atom. The third-order valence-corrected chi connectivity index (χ3v) is 9.66. The molecule has 10 nitrogen and oxygen atoms in total. The third kappa shape index (κ3) is 7.11. The number of anilines is 1. The number of benzene rings is 3. The summed E-state index contributed by atoms with van der Waals surface area (Å²) in [6.07, 6.45) is 1.25. The van der Waals surface area contributed by atoms with E-state index in [1.54, 1.807) is 30.3 Å². The number of aromatic amines is 1. The van der Waals surface area contributed by atoms with Crippen LogP contribution in [-0.2, 0) is 24.4 Å². The quantitative estimate of drug-likeness (QED) is 0.139. The van der Waals surface area contributed by atoms with Crippen LogP contribution in [0.5, 0.6) is 5.88 Å². The van der Waals surface area contributed by atoms with Crippen LogP contribution in [0.15, 0.2) is 78.9 Å². The van der Waals surface area contributed by atoms with Crippen molar-refractivity contribution in [2.24, 2.45) is 0 Å². The highest BCUT2D eigenvalue weighted by Crippen LogP contribution is 2.29. The minimum absolute atomic E-state index is 0.0413. The summed E-state index contributed by atoms with van der Waals surface area (Å²) < 4.78 is 54.8. The predicted molar refractivity (Wildman–Crippen MR) is 191 cm³/mol. The van der Waals surface area contributed by atoms with Gasteiger partial charge in [0.25, 0.3) is 12.3 Å². The molecule has 1 fully saturated rings. The normalized spacial score (nSPS) is 16.3. The summed E-state index contributed by atoms with van der Waals surface area (Å²) in [5.74, 6) is 0.452. The smallest absolute Gasteiger partial charge is 0.282 e. The Kier molecular flexibility index (Phi) is 9.39. The van der Waals surface area contributed by atoms with Gasteiger partial charge in [-0.1, -0.05) is 29.8 Å². The van der Waals surface area contributed by atoms with Crippen LogP contribution >= 0.6 is 11.6 Å². The first-order valence-electron chi connectivity index (χ1n) is 16.9. The van der Waals surface area contributed by atoms with E-state index in [0.29, 0.717) is 47.3 Å². The minimum atomic E-state index is -2.76. The highest BCUT2D eigenvalue weighted by Gasteiger charge is 2.24. The number of pyridine rings is 1. The van der Waals surface area contributed by atoms with Crippen molar-refractivity contribution < 1.29 is 27.4 Å². The maximum atomic E-state index is 14.2. The number of carbonyl (C=O) groups is 1. The summed E-state index contributed by atoms with van der Waals surface area (Å²) >= 11 is 5.87. The summed E-state index contributed by atoms with van der Waals surface area (Å²) in [4.78, 5) is 25.2. The summed E-state index contributed by atoms with van der Waals surface area (Å²) in [7, 11) is 0. The maximum Gasteiger partial charge on any atom is 0.282 e. The van der Waals surface area contributed by atoms with Gasteiger partial charge in [0.15, 0.2) is 0 Å². The lowest BCUT2D eigenvalue weighted by Gasteiger charge is -2.29. The Labute approximate surface area is 301 Å². The van der Waals surface area contributed by atoms with Crippen LogP contribution in [0, 0.1) is 5.82 Å². The zero-order chi connectivity index (χ0) is 35.8. The van der Waals surface area contributed by atoms with Gasteiger partial charge in [0.2, 0.25) is 5.88 Å². The highest BCUT2D eigenvalue weighted by atomic mass is 35.5. The van der Waals surface area contributed by atoms with Crippen molar-refractivity contribution >= 4 is 50.7 Å². The van der Waals surface area contributed by atoms with Gasteiger partial charge >= 0.3 is 0 Å². The van der Waals surface area contributed by atoms with Gasteiger partial charge in [-0.3, -0.25) is 14.8 Å². The van der Waals surface area contributed by atoms with E-state index in [-0.39, 0.29) is 29.4 Å². The number of alkyl halides is 2. The van der Waals surface area contributed by atoms with Crippen LogP contribution in [0.25, 0.3) is 27.5 Å². The number of nitrogens with zero attached hydrogens (tertiary/aromatic N) is 5. The second kappa shape index (κ2) is 14.4. The van der Waals surface area contributed by atoms with Gasteiger partial charge in [-0.15, -0.1) is 0 Å². The van der Waals surface area contributed by atoms with E-state index < -0.39 is 18.1 Å². The van der Waals surface area contributed by atoms with Gasteiger partial charge in [0.1, 0.15) is 23.9 Å². The van der Waals surface area contributed by atoms with Crippen LogP contribution in [-0.4, -0.2) is 61.3 Å². The number of hydrogen-bond acceptors (Lipinski definition) is 7. The molecule has 3 aromatic carbocycles. The number of carbonyl (C=O) groups excluding carboxylic acids is 1. The molecule has 2 aliphatic heterocycles. The number of halogens is 4. The Morgan fingerprint density at radius 2 is 1.98 bits per heavy atom. The van der Waals surface area contributed by atoms with Crippen LogP contribution in [0.1, 0.15) is 52.4 Å². The number of amides is 1. The molecule has 0 bridgehead atoms. The first-order chi connectivity index (χ1) is 25.3. The molecule has 0 aliphatic carbocycles. The van der Waals surface area contributed by atoms with E-state index in [0.717, 1.165) is 54.1 Å². The molecule has 6 aromatic rings. The van der Waals surface area contributed by atoms with E-state index in [9.17, 15) is 18.0 Å². The Balaban J connectivity index is 0.963. The molecular formula is C38H33ClF3N7O3. The molecule has 2 aliphatic rings. The number of aromatic nitrogens is 5. The SMILES string of the molecule is O=C(Nc1ccc2c(c1)nc(CN1CC=C(c3cccc(OCc4ccc(Cl)cc4F)n3)CC1)n2C[C@@H]1CCO1)c1ccc2[nH]nc(C(F)F)c2c1. The van der Waals surface area contributed by atoms with Crippen LogP contribution in [0.2, 0.25) is 5.02 Å². The molecule has 1 saturated heterocycles. The van der Waals surface area contributed by atoms with Gasteiger partial charge in [0, 0.05) is 53.0 Å². The summed E-state index contributed by atoms with van der Waals surface area (Å²) in [5.41, 5.74) is 4.80. The lowest BCUT2D eigenvalue weighted by Crippen LogP contribution is -2.33. The zero-order valence-electron chi connectivity index (χ0n) is 27.8. The van der Waals surface area contributed by atoms with Gasteiger partial charge in [-0.05, 0) is 73.0 Å². The van der Waals surface area contributed by atoms with Crippen molar-refractivity contribution in [2.45, 2.75) is 45.1 Å². The Morgan fingerprint density at radius 3 is 2.75 bits per heavy atom. The fourth-order valence-corrected chi connectivity index (χ4v) is 6.67. The summed E-state index contributed by atoms with van der Waals surface area (Å²) in [5, 5.41) is 9.69. The van der Waals surface area contributed by atoms with Crippen molar-refractivity contribution in [3.05, 3.63) is 118 Å². The van der Waals surface area contributed by atoms with Gasteiger partial charge < -0.3 is 19.4 Å². The molecule has 1 atom stereocenters. The average Bonchev–Trinajstić information content (AvgIpc) is 3.70. The molecule has 52 heavy (non-hydrogen) atoms. The van der Waals surface area contributed by atoms with Crippen molar-refractivity contribution in [2.75, 3.05) is 25.0 Å². The molecule has 0 saturated carbocycles. The monoisotopic (exact) mass is 727 g/mol. The molecule has 5 heterocycles. The number of imidazole rings is 1. The fourth-order valence-electron chi connectivity index (χ4n) is 6.51. The Bertz CT molecular complexity index is 2320. The lowest BCUT2D eigenvalue weighted by atomic mass is 10.0.